The van der Waals surface area contributed by atoms with Crippen molar-refractivity contribution in [2.45, 2.75) is 259 Å². The number of nitrogens with one attached hydrogen (secondary N) is 6. The molecule has 14 N–H and O–H groups in total. The molecule has 0 heterocycles. The van der Waals surface area contributed by atoms with Crippen LogP contribution in [0.4, 0.5) is 0 Å². The van der Waals surface area contributed by atoms with Crippen LogP contribution < -0.4 is 43.4 Å². The molecule has 28 heteroatoms. The molecule has 4 amide bonds. The van der Waals surface area contributed by atoms with E-state index in [-0.39, 0.29) is 130 Å². The molecule has 0 spiro atoms. The summed E-state index contributed by atoms with van der Waals surface area (Å²) in [7, 11) is 3.94. The van der Waals surface area contributed by atoms with Crippen molar-refractivity contribution >= 4 is 94.7 Å². The van der Waals surface area contributed by atoms with Gasteiger partial charge in [-0.15, -0.1) is 44.6 Å². The third-order valence-corrected chi connectivity index (χ3v) is 11.5. The largest absolute Gasteiger partial charge is 0.789 e. The molecule has 115 heavy (non-hydrogen) atoms. The third kappa shape index (κ3) is 215. The maximum Gasteiger partial charge on any atom is 0.306 e. The number of alkyl halides is 1. The third-order valence-electron chi connectivity index (χ3n) is 11.4. The number of carboxylic acids is 2. The van der Waals surface area contributed by atoms with Gasteiger partial charge in [-0.1, -0.05) is 199 Å². The number of nitrogens with two attached hydrogens (primary N) is 2. The fraction of sp³-hybridized carbons (Fsp3) is 0.655. The molecule has 0 aliphatic heterocycles. The lowest BCUT2D eigenvalue weighted by atomic mass is 10.2. The number of terminal acetylenes is 6. The van der Waals surface area contributed by atoms with Crippen LogP contribution in [0.25, 0.3) is 0 Å². The molecule has 0 rings (SSSR count). The highest BCUT2D eigenvalue weighted by Crippen LogP contribution is 2.00. The van der Waals surface area contributed by atoms with Crippen molar-refractivity contribution in [3.8, 4) is 74.1 Å². The predicted molar refractivity (Wildman–Crippen MR) is 491 cm³/mol. The van der Waals surface area contributed by atoms with E-state index in [1.807, 2.05) is 79.3 Å². The molecule has 0 aliphatic carbocycles. The summed E-state index contributed by atoms with van der Waals surface area (Å²) in [4.78, 5) is 107. The molecule has 0 aliphatic rings. The standard InChI is InChI=1S/2C11H22N2O.C10H20N2OS.C10H20N2O.4C7H10O2.2C3H6O2.2C3H4O.CH3I.4CH4/c2*1-3-8-11(14)13-10-7-5-4-6-9-12-2;11-7-3-1-2-4-8-12-10(13)6-5-9-14;1-2-7-10(13)12-9-6-4-3-5-8-11;4*1-3-5-7(8)9-6-4-2;2*1-2-3(4)5;2*1-2-3-4;1-2;;;;/h2*3,8,12H,4-7,9-10H2,1-2H3,(H,13,14);5-6,14H,1-4,7-9,11H2,(H,12,13);2,7H,3-6,8-9,11H2,1H3,(H,12,13);4*2H,3,5-6H2,1H3;2*2H2,1H3,(H,4,5);2*1,4H,3H2;1H3;4*1H4/p-1/b2*8-3+;6-5+;7-2+;;;;;;;;;;;;;. The highest BCUT2D eigenvalue weighted by Gasteiger charge is 2.01. The Morgan fingerprint density at radius 3 is 0.713 bits per heavy atom. The monoisotopic (exact) mass is 1770 g/mol. The molecule has 0 radical (unpaired) electrons. The van der Waals surface area contributed by atoms with Crippen LogP contribution in [0.5, 0.6) is 0 Å². The quantitative estimate of drug-likeness (QED) is 0.00394. The number of carboxylic acid groups (broad SMARTS) is 2. The topological polar surface area (TPSA) is 413 Å². The van der Waals surface area contributed by atoms with Crippen molar-refractivity contribution in [2.75, 3.05) is 117 Å². The second-order valence-electron chi connectivity index (χ2n) is 21.4. The summed E-state index contributed by atoms with van der Waals surface area (Å²) in [5.74, 6) is 11.0. The molecule has 0 unspecified atom stereocenters. The summed E-state index contributed by atoms with van der Waals surface area (Å²) < 4.78 is 18.2. The molecule has 0 bridgehead atoms. The molecule has 0 atom stereocenters. The van der Waals surface area contributed by atoms with Crippen LogP contribution in [0.2, 0.25) is 0 Å². The minimum atomic E-state index is -0.745. The van der Waals surface area contributed by atoms with Gasteiger partial charge in [0.05, 0.1) is 0 Å². The van der Waals surface area contributed by atoms with Crippen molar-refractivity contribution in [3.63, 3.8) is 0 Å². The number of allylic oxidation sites excluding steroid dienone is 3. The number of rotatable bonds is 45. The molecule has 0 aromatic heterocycles. The minimum absolute atomic E-state index is 0. The lowest BCUT2D eigenvalue weighted by Gasteiger charge is -2.02. The minimum Gasteiger partial charge on any atom is -0.789 e. The van der Waals surface area contributed by atoms with Gasteiger partial charge in [-0.2, -0.15) is 5.75 Å². The predicted octanol–water partition coefficient (Wildman–Crippen LogP) is 12.5. The van der Waals surface area contributed by atoms with E-state index in [0.29, 0.717) is 31.4 Å². The summed E-state index contributed by atoms with van der Waals surface area (Å²) in [5.41, 5.74) is 10.7. The van der Waals surface area contributed by atoms with Crippen molar-refractivity contribution in [2.24, 2.45) is 11.5 Å². The fourth-order valence-electron chi connectivity index (χ4n) is 6.09. The average molecular weight is 1770 g/mol. The zero-order valence-electron chi connectivity index (χ0n) is 69.5. The fourth-order valence-corrected chi connectivity index (χ4v) is 6.19. The number of halogens is 1. The first-order valence-corrected chi connectivity index (χ1v) is 40.3. The van der Waals surface area contributed by atoms with E-state index in [4.69, 9.17) is 57.6 Å². The van der Waals surface area contributed by atoms with Gasteiger partial charge in [-0.05, 0) is 167 Å². The number of unbranched alkanes of at least 4 members (excludes halogenated alkanes) is 12. The van der Waals surface area contributed by atoms with Crippen LogP contribution in [0, 0.1) is 74.1 Å². The summed E-state index contributed by atoms with van der Waals surface area (Å²) in [5, 5.41) is 48.2. The molecule has 672 valence electrons. The van der Waals surface area contributed by atoms with Crippen molar-refractivity contribution in [1.29, 1.82) is 0 Å². The van der Waals surface area contributed by atoms with E-state index < -0.39 is 11.9 Å². The number of amides is 4. The molecule has 0 aromatic rings. The van der Waals surface area contributed by atoms with Gasteiger partial charge in [0.25, 0.3) is 0 Å². The first-order valence-electron chi connectivity index (χ1n) is 37.5. The number of carbonyl (C=O) groups is 10. The van der Waals surface area contributed by atoms with Gasteiger partial charge >= 0.3 is 35.8 Å². The van der Waals surface area contributed by atoms with Gasteiger partial charge in [-0.25, -0.2) is 0 Å². The van der Waals surface area contributed by atoms with Crippen LogP contribution >= 0.6 is 22.6 Å². The van der Waals surface area contributed by atoms with E-state index in [9.17, 15) is 47.9 Å². The second kappa shape index (κ2) is 154. The Kier molecular flexibility index (Phi) is 199. The van der Waals surface area contributed by atoms with E-state index >= 15 is 0 Å². The van der Waals surface area contributed by atoms with Gasteiger partial charge in [-0.3, -0.25) is 47.9 Å². The van der Waals surface area contributed by atoms with Crippen LogP contribution in [0.1, 0.15) is 259 Å². The summed E-state index contributed by atoms with van der Waals surface area (Å²) >= 11 is 6.82. The molecular formula is C87H162IN8O18S-. The lowest BCUT2D eigenvalue weighted by molar-refractivity contribution is -0.143. The van der Waals surface area contributed by atoms with E-state index in [1.54, 1.807) is 56.4 Å². The number of hydrogen-bond acceptors (Lipinski definition) is 21. The Bertz CT molecular complexity index is 2290. The Labute approximate surface area is 719 Å². The van der Waals surface area contributed by atoms with Crippen molar-refractivity contribution in [3.05, 3.63) is 48.6 Å². The number of ether oxygens (including phenoxy) is 4. The molecule has 26 nitrogen and oxygen atoms in total. The first-order chi connectivity index (χ1) is 53.3. The van der Waals surface area contributed by atoms with Crippen LogP contribution in [-0.2, 0) is 79.5 Å². The Hall–Kier alpha value is -8.14. The highest BCUT2D eigenvalue weighted by molar-refractivity contribution is 14.1. The van der Waals surface area contributed by atoms with Crippen LogP contribution in [-0.4, -0.2) is 197 Å². The van der Waals surface area contributed by atoms with Crippen LogP contribution in [0.15, 0.2) is 48.6 Å². The Balaban J connectivity index is -0.0000000615. The van der Waals surface area contributed by atoms with Gasteiger partial charge in [0.1, 0.15) is 13.2 Å². The van der Waals surface area contributed by atoms with E-state index in [1.165, 1.54) is 44.6 Å². The lowest BCUT2D eigenvalue weighted by Crippen LogP contribution is -2.22. The van der Waals surface area contributed by atoms with Crippen LogP contribution in [0.3, 0.4) is 0 Å². The number of aliphatic hydroxyl groups is 2. The molecule has 0 saturated carbocycles. The molecule has 0 aromatic carbocycles. The summed E-state index contributed by atoms with van der Waals surface area (Å²) in [6.07, 6.45) is 65.3. The first kappa shape index (κ1) is 148. The van der Waals surface area contributed by atoms with Crippen molar-refractivity contribution < 1.29 is 87.3 Å². The zero-order valence-corrected chi connectivity index (χ0v) is 72.5. The number of hydrogen-bond donors (Lipinski definition) is 12. The molecule has 0 saturated heterocycles. The van der Waals surface area contributed by atoms with Gasteiger partial charge in [0.2, 0.25) is 23.6 Å². The van der Waals surface area contributed by atoms with Gasteiger partial charge < -0.3 is 95.4 Å². The maximum absolute atomic E-state index is 11.0. The number of aliphatic hydroxyl groups excluding tert-OH is 2. The summed E-state index contributed by atoms with van der Waals surface area (Å²) in [6.45, 7) is 23.3. The summed E-state index contributed by atoms with van der Waals surface area (Å²) in [6, 6.07) is 0. The van der Waals surface area contributed by atoms with E-state index in [2.05, 4.69) is 123 Å². The number of carbonyl (C=O) groups excluding carboxylic acids is 8. The Morgan fingerprint density at radius 2 is 0.565 bits per heavy atom. The number of aliphatic carboxylic acids is 2. The number of esters is 4. The SMILES string of the molecule is C.C.C.C.C#CCO.C#CCO.C#CCOC(=O)CCC.C#CCOC(=O)CCC.C#CCOC(=O)CCC.C#CCOC(=O)CCC.C/C=C/C(=O)NCCCCCCN.C/C=C/C(=O)NCCCCCCNC.C/C=C/C(=O)NCCCCCCNC.CCC(=O)O.CCC(=O)O.CI.NCCCCCCNC(=O)/C=C/C[S-]. The smallest absolute Gasteiger partial charge is 0.306 e. The zero-order chi connectivity index (χ0) is 87.7. The second-order valence-corrected chi connectivity index (χ2v) is 21.7. The average Bonchev–Trinajstić information content (AvgIpc) is 1.11. The normalized spacial score (nSPS) is 8.66. The van der Waals surface area contributed by atoms with Gasteiger partial charge in [0, 0.05) is 64.7 Å². The van der Waals surface area contributed by atoms with E-state index in [0.717, 1.165) is 142 Å². The van der Waals surface area contributed by atoms with Gasteiger partial charge in [0.15, 0.2) is 26.4 Å². The maximum atomic E-state index is 11.0. The Morgan fingerprint density at radius 1 is 0.374 bits per heavy atom. The molecule has 0 fully saturated rings. The highest BCUT2D eigenvalue weighted by atomic mass is 127. The van der Waals surface area contributed by atoms with Crippen molar-refractivity contribution in [1.82, 2.24) is 31.9 Å². The molecular weight excluding hydrogens is 1600 g/mol.